The zero-order valence-electron chi connectivity index (χ0n) is 15.2. The van der Waals surface area contributed by atoms with Crippen molar-refractivity contribution in [1.82, 2.24) is 10.2 Å². The summed E-state index contributed by atoms with van der Waals surface area (Å²) < 4.78 is 13.9. The van der Waals surface area contributed by atoms with Gasteiger partial charge in [-0.15, -0.1) is 0 Å². The average molecular weight is 371 g/mol. The van der Waals surface area contributed by atoms with E-state index in [-0.39, 0.29) is 17.7 Å². The number of nitro groups is 1. The van der Waals surface area contributed by atoms with Crippen molar-refractivity contribution in [2.45, 2.75) is 32.9 Å². The zero-order valence-corrected chi connectivity index (χ0v) is 15.2. The molecule has 1 aliphatic heterocycles. The molecule has 0 aromatic heterocycles. The lowest BCUT2D eigenvalue weighted by Crippen LogP contribution is -2.25. The van der Waals surface area contributed by atoms with Crippen LogP contribution >= 0.6 is 0 Å². The van der Waals surface area contributed by atoms with E-state index in [0.29, 0.717) is 0 Å². The number of hydrogen-bond acceptors (Lipinski definition) is 4. The summed E-state index contributed by atoms with van der Waals surface area (Å²) in [5.41, 5.74) is 1.60. The summed E-state index contributed by atoms with van der Waals surface area (Å²) in [6.45, 7) is 4.59. The van der Waals surface area contributed by atoms with Gasteiger partial charge in [0, 0.05) is 24.7 Å². The highest BCUT2D eigenvalue weighted by Gasteiger charge is 2.20. The topological polar surface area (TPSA) is 75.5 Å². The number of nitro benzene ring substituents is 1. The second-order valence-corrected chi connectivity index (χ2v) is 6.79. The maximum absolute atomic E-state index is 13.9. The van der Waals surface area contributed by atoms with Gasteiger partial charge in [0.2, 0.25) is 0 Å². The van der Waals surface area contributed by atoms with Crippen molar-refractivity contribution in [1.29, 1.82) is 0 Å². The van der Waals surface area contributed by atoms with Crippen LogP contribution in [0.2, 0.25) is 0 Å². The van der Waals surface area contributed by atoms with Crippen LogP contribution in [0.15, 0.2) is 36.4 Å². The Hall–Kier alpha value is -2.80. The molecule has 1 amide bonds. The highest BCUT2D eigenvalue weighted by molar-refractivity contribution is 5.95. The number of rotatable bonds is 6. The number of nitrogens with one attached hydrogen (secondary N) is 1. The maximum Gasteiger partial charge on any atom is 0.276 e. The van der Waals surface area contributed by atoms with Crippen LogP contribution in [-0.4, -0.2) is 28.8 Å². The van der Waals surface area contributed by atoms with E-state index in [4.69, 9.17) is 0 Å². The predicted octanol–water partition coefficient (Wildman–Crippen LogP) is 3.57. The number of nitrogens with zero attached hydrogens (tertiary/aromatic N) is 2. The number of benzene rings is 2. The number of hydrogen-bond donors (Lipinski definition) is 1. The first kappa shape index (κ1) is 19.0. The Morgan fingerprint density at radius 2 is 1.89 bits per heavy atom. The zero-order chi connectivity index (χ0) is 19.4. The number of likely N-dealkylation sites (tertiary alicyclic amines) is 1. The van der Waals surface area contributed by atoms with E-state index in [2.05, 4.69) is 10.2 Å². The van der Waals surface area contributed by atoms with E-state index in [0.717, 1.165) is 42.9 Å². The van der Waals surface area contributed by atoms with Crippen molar-refractivity contribution >= 4 is 11.6 Å². The third-order valence-electron chi connectivity index (χ3n) is 4.93. The lowest BCUT2D eigenvalue weighted by Gasteiger charge is -2.17. The maximum atomic E-state index is 13.9. The molecule has 1 heterocycles. The van der Waals surface area contributed by atoms with E-state index in [1.165, 1.54) is 19.8 Å². The summed E-state index contributed by atoms with van der Waals surface area (Å²) in [5.74, 6) is -1.29. The first-order chi connectivity index (χ1) is 13.0. The Morgan fingerprint density at radius 3 is 2.56 bits per heavy atom. The predicted molar refractivity (Wildman–Crippen MR) is 99.9 cm³/mol. The van der Waals surface area contributed by atoms with Crippen molar-refractivity contribution in [3.05, 3.63) is 74.6 Å². The SMILES string of the molecule is Cc1c(F)cc(C(=O)NCc2ccccc2CN2CCCC2)cc1[N+](=O)[O-]. The second kappa shape index (κ2) is 8.26. The summed E-state index contributed by atoms with van der Waals surface area (Å²) in [7, 11) is 0. The molecule has 0 bridgehead atoms. The molecular formula is C20H22FN3O3. The molecule has 142 valence electrons. The van der Waals surface area contributed by atoms with Gasteiger partial charge in [-0.3, -0.25) is 19.8 Å². The molecule has 2 aromatic carbocycles. The van der Waals surface area contributed by atoms with Crippen LogP contribution in [0.25, 0.3) is 0 Å². The molecule has 0 saturated carbocycles. The highest BCUT2D eigenvalue weighted by Crippen LogP contribution is 2.23. The van der Waals surface area contributed by atoms with Crippen molar-refractivity contribution in [2.24, 2.45) is 0 Å². The van der Waals surface area contributed by atoms with E-state index in [1.54, 1.807) is 0 Å². The Kier molecular flexibility index (Phi) is 5.81. The third kappa shape index (κ3) is 4.49. The first-order valence-electron chi connectivity index (χ1n) is 8.97. The lowest BCUT2D eigenvalue weighted by atomic mass is 10.1. The third-order valence-corrected chi connectivity index (χ3v) is 4.93. The van der Waals surface area contributed by atoms with Gasteiger partial charge in [-0.1, -0.05) is 24.3 Å². The van der Waals surface area contributed by atoms with Crippen molar-refractivity contribution in [2.75, 3.05) is 13.1 Å². The van der Waals surface area contributed by atoms with Gasteiger partial charge >= 0.3 is 0 Å². The molecule has 0 unspecified atom stereocenters. The van der Waals surface area contributed by atoms with Gasteiger partial charge in [0.05, 0.1) is 10.5 Å². The molecule has 0 spiro atoms. The van der Waals surface area contributed by atoms with Gasteiger partial charge in [-0.25, -0.2) is 4.39 Å². The molecule has 1 saturated heterocycles. The molecule has 3 rings (SSSR count). The van der Waals surface area contributed by atoms with Gasteiger partial charge in [0.25, 0.3) is 11.6 Å². The quantitative estimate of drug-likeness (QED) is 0.622. The fourth-order valence-corrected chi connectivity index (χ4v) is 3.33. The highest BCUT2D eigenvalue weighted by atomic mass is 19.1. The molecule has 2 aromatic rings. The van der Waals surface area contributed by atoms with Crippen LogP contribution in [0, 0.1) is 22.9 Å². The minimum atomic E-state index is -0.760. The van der Waals surface area contributed by atoms with Gasteiger partial charge in [0.15, 0.2) is 0 Å². The van der Waals surface area contributed by atoms with Crippen molar-refractivity contribution < 1.29 is 14.1 Å². The molecule has 7 heteroatoms. The van der Waals surface area contributed by atoms with Gasteiger partial charge < -0.3 is 5.32 Å². The van der Waals surface area contributed by atoms with E-state index in [9.17, 15) is 19.3 Å². The van der Waals surface area contributed by atoms with Gasteiger partial charge in [-0.05, 0) is 50.0 Å². The Balaban J connectivity index is 1.72. The molecular weight excluding hydrogens is 349 g/mol. The smallest absolute Gasteiger partial charge is 0.276 e. The van der Waals surface area contributed by atoms with Crippen molar-refractivity contribution in [3.63, 3.8) is 0 Å². The standard InChI is InChI=1S/C20H22FN3O3/c1-14-18(21)10-17(11-19(14)24(26)27)20(25)22-12-15-6-2-3-7-16(15)13-23-8-4-5-9-23/h2-3,6-7,10-11H,4-5,8-9,12-13H2,1H3,(H,22,25). The lowest BCUT2D eigenvalue weighted by molar-refractivity contribution is -0.385. The first-order valence-corrected chi connectivity index (χ1v) is 8.97. The normalized spacial score (nSPS) is 14.3. The summed E-state index contributed by atoms with van der Waals surface area (Å²) in [5, 5.41) is 13.8. The number of carbonyl (C=O) groups is 1. The molecule has 1 fully saturated rings. The van der Waals surface area contributed by atoms with E-state index >= 15 is 0 Å². The van der Waals surface area contributed by atoms with Gasteiger partial charge in [0.1, 0.15) is 5.82 Å². The van der Waals surface area contributed by atoms with Crippen LogP contribution in [-0.2, 0) is 13.1 Å². The molecule has 6 nitrogen and oxygen atoms in total. The fraction of sp³-hybridized carbons (Fsp3) is 0.350. The minimum Gasteiger partial charge on any atom is -0.348 e. The Bertz CT molecular complexity index is 864. The Labute approximate surface area is 157 Å². The number of amides is 1. The number of carbonyl (C=O) groups excluding carboxylic acids is 1. The van der Waals surface area contributed by atoms with E-state index in [1.807, 2.05) is 24.3 Å². The summed E-state index contributed by atoms with van der Waals surface area (Å²) in [6, 6.07) is 10.0. The second-order valence-electron chi connectivity index (χ2n) is 6.79. The van der Waals surface area contributed by atoms with Crippen LogP contribution in [0.4, 0.5) is 10.1 Å². The average Bonchev–Trinajstić information content (AvgIpc) is 3.15. The van der Waals surface area contributed by atoms with Crippen molar-refractivity contribution in [3.8, 4) is 0 Å². The largest absolute Gasteiger partial charge is 0.348 e. The van der Waals surface area contributed by atoms with Crippen LogP contribution in [0.3, 0.4) is 0 Å². The minimum absolute atomic E-state index is 0.0539. The molecule has 0 atom stereocenters. The van der Waals surface area contributed by atoms with Gasteiger partial charge in [-0.2, -0.15) is 0 Å². The molecule has 0 radical (unpaired) electrons. The van der Waals surface area contributed by atoms with Crippen LogP contribution in [0.1, 0.15) is 39.9 Å². The number of halogens is 1. The monoisotopic (exact) mass is 371 g/mol. The Morgan fingerprint density at radius 1 is 1.22 bits per heavy atom. The van der Waals surface area contributed by atoms with Crippen LogP contribution in [0.5, 0.6) is 0 Å². The van der Waals surface area contributed by atoms with E-state index < -0.39 is 22.3 Å². The summed E-state index contributed by atoms with van der Waals surface area (Å²) in [6.07, 6.45) is 2.41. The summed E-state index contributed by atoms with van der Waals surface area (Å²) in [4.78, 5) is 25.1. The molecule has 0 aliphatic carbocycles. The fourth-order valence-electron chi connectivity index (χ4n) is 3.33. The molecule has 1 N–H and O–H groups in total. The molecule has 27 heavy (non-hydrogen) atoms. The molecule has 1 aliphatic rings. The summed E-state index contributed by atoms with van der Waals surface area (Å²) >= 11 is 0. The van der Waals surface area contributed by atoms with Crippen LogP contribution < -0.4 is 5.32 Å².